The fourth-order valence-electron chi connectivity index (χ4n) is 3.73. The number of aliphatic imine (C=N–C) groups is 1. The van der Waals surface area contributed by atoms with Gasteiger partial charge in [0.2, 0.25) is 12.0 Å². The zero-order valence-corrected chi connectivity index (χ0v) is 26.8. The maximum absolute atomic E-state index is 15.1. The largest absolute Gasteiger partial charge is 0.470 e. The molecule has 0 radical (unpaired) electrons. The molecule has 16 heteroatoms. The highest BCUT2D eigenvalue weighted by Crippen LogP contribution is 2.33. The van der Waals surface area contributed by atoms with Gasteiger partial charge in [-0.05, 0) is 48.0 Å². The number of halogens is 3. The number of aromatic nitrogens is 3. The lowest BCUT2D eigenvalue weighted by Crippen LogP contribution is -2.25. The fraction of sp³-hybridized carbons (Fsp3) is 0.194. The third-order valence-corrected chi connectivity index (χ3v) is 6.57. The Morgan fingerprint density at radius 2 is 1.70 bits per heavy atom. The normalized spacial score (nSPS) is 12.7. The molecule has 0 aliphatic carbocycles. The van der Waals surface area contributed by atoms with Crippen molar-refractivity contribution in [2.45, 2.75) is 13.5 Å². The Balaban J connectivity index is 0.000000280. The second-order valence-electron chi connectivity index (χ2n) is 9.23. The first-order valence-electron chi connectivity index (χ1n) is 13.7. The van der Waals surface area contributed by atoms with E-state index in [0.717, 1.165) is 11.9 Å². The summed E-state index contributed by atoms with van der Waals surface area (Å²) >= 11 is 11.7. The van der Waals surface area contributed by atoms with E-state index in [9.17, 15) is 0 Å². The van der Waals surface area contributed by atoms with Crippen LogP contribution in [0.1, 0.15) is 18.1 Å². The summed E-state index contributed by atoms with van der Waals surface area (Å²) in [6.45, 7) is 3.03. The number of nitrogens with zero attached hydrogens (tertiary/aromatic N) is 8. The van der Waals surface area contributed by atoms with E-state index < -0.39 is 5.82 Å². The first kappa shape index (κ1) is 34.4. The number of hydrogen-bond acceptors (Lipinski definition) is 12. The lowest BCUT2D eigenvalue weighted by Gasteiger charge is -2.17. The highest BCUT2D eigenvalue weighted by atomic mass is 35.5. The second-order valence-corrected chi connectivity index (χ2v) is 10.0. The van der Waals surface area contributed by atoms with E-state index in [1.807, 2.05) is 18.0 Å². The molecule has 0 amide bonds. The average molecular weight is 682 g/mol. The Bertz CT molecular complexity index is 1800. The third-order valence-electron chi connectivity index (χ3n) is 6.04. The van der Waals surface area contributed by atoms with Crippen molar-refractivity contribution in [2.75, 3.05) is 27.4 Å². The number of nitriles is 1. The summed E-state index contributed by atoms with van der Waals surface area (Å²) in [6.07, 6.45) is 4.57. The maximum atomic E-state index is 15.1. The van der Waals surface area contributed by atoms with Gasteiger partial charge >= 0.3 is 0 Å². The molecular weight excluding hydrogens is 654 g/mol. The second kappa shape index (κ2) is 17.2. The predicted octanol–water partition coefficient (Wildman–Crippen LogP) is 6.63. The Labute approximate surface area is 279 Å². The van der Waals surface area contributed by atoms with E-state index in [1.165, 1.54) is 7.11 Å². The van der Waals surface area contributed by atoms with E-state index in [0.29, 0.717) is 34.7 Å². The zero-order valence-electron chi connectivity index (χ0n) is 25.3. The van der Waals surface area contributed by atoms with Crippen molar-refractivity contribution in [1.82, 2.24) is 19.9 Å². The molecule has 0 bridgehead atoms. The van der Waals surface area contributed by atoms with Crippen molar-refractivity contribution in [2.24, 2.45) is 15.3 Å². The third kappa shape index (κ3) is 9.73. The monoisotopic (exact) mass is 680 g/mol. The fourth-order valence-corrected chi connectivity index (χ4v) is 4.01. The van der Waals surface area contributed by atoms with Crippen LogP contribution in [0, 0.1) is 17.3 Å². The highest BCUT2D eigenvalue weighted by molar-refractivity contribution is 6.45. The Morgan fingerprint density at radius 3 is 2.34 bits per heavy atom. The molecule has 0 atom stereocenters. The number of ether oxygens (including phenoxy) is 3. The Morgan fingerprint density at radius 1 is 1.00 bits per heavy atom. The molecule has 242 valence electrons. The van der Waals surface area contributed by atoms with Crippen molar-refractivity contribution < 1.29 is 28.3 Å². The van der Waals surface area contributed by atoms with Crippen LogP contribution in [0.3, 0.4) is 0 Å². The number of para-hydroxylation sites is 2. The Hall–Kier alpha value is -5.52. The summed E-state index contributed by atoms with van der Waals surface area (Å²) in [4.78, 5) is 27.2. The lowest BCUT2D eigenvalue weighted by atomic mass is 10.1. The molecule has 1 aliphatic rings. The lowest BCUT2D eigenvalue weighted by molar-refractivity contribution is 0.0672. The molecule has 5 rings (SSSR count). The molecule has 0 saturated carbocycles. The molecule has 0 fully saturated rings. The van der Waals surface area contributed by atoms with Gasteiger partial charge in [-0.2, -0.15) is 24.6 Å². The quantitative estimate of drug-likeness (QED) is 0.0620. The number of benzene rings is 2. The minimum Gasteiger partial charge on any atom is -0.470 e. The van der Waals surface area contributed by atoms with Crippen molar-refractivity contribution in [1.29, 1.82) is 5.26 Å². The van der Waals surface area contributed by atoms with E-state index in [4.69, 9.17) is 52.3 Å². The van der Waals surface area contributed by atoms with Crippen LogP contribution in [0.4, 0.5) is 4.39 Å². The molecule has 2 aromatic heterocycles. The van der Waals surface area contributed by atoms with Gasteiger partial charge in [0.25, 0.3) is 17.7 Å². The number of hydrogen-bond donors (Lipinski definition) is 0. The van der Waals surface area contributed by atoms with E-state index in [1.54, 1.807) is 73.9 Å². The molecule has 13 nitrogen and oxygen atoms in total. The van der Waals surface area contributed by atoms with E-state index >= 15 is 4.39 Å². The standard InChI is InChI=1S/C21H16ClFN4O5.C10H11ClN4/c1-28-26-18(21-27-30-11-10-29-21)13-6-2-4-8-15(13)31-19-17(23)20(25-12-24-19)32-16-9-5-3-7-14(16)22;1-8(14-7-12)15(2)6-9-3-4-10(11)13-5-9/h2-9,12H,10-11H2,1H3;3-5H,6H2,1-2H3/b26-18+;14-8+. The summed E-state index contributed by atoms with van der Waals surface area (Å²) in [5.74, 6) is -0.412. The van der Waals surface area contributed by atoms with Crippen LogP contribution in [-0.2, 0) is 21.0 Å². The van der Waals surface area contributed by atoms with Crippen LogP contribution in [0.5, 0.6) is 23.3 Å². The average Bonchev–Trinajstić information content (AvgIpc) is 3.08. The van der Waals surface area contributed by atoms with Crippen LogP contribution in [0.2, 0.25) is 10.2 Å². The van der Waals surface area contributed by atoms with Crippen molar-refractivity contribution >= 4 is 40.6 Å². The van der Waals surface area contributed by atoms with Gasteiger partial charge in [-0.15, -0.1) is 0 Å². The topological polar surface area (TPSA) is 149 Å². The zero-order chi connectivity index (χ0) is 33.6. The van der Waals surface area contributed by atoms with Crippen LogP contribution in [0.15, 0.2) is 88.5 Å². The summed E-state index contributed by atoms with van der Waals surface area (Å²) in [5, 5.41) is 17.0. The summed E-state index contributed by atoms with van der Waals surface area (Å²) < 4.78 is 31.8. The molecule has 0 saturated heterocycles. The summed E-state index contributed by atoms with van der Waals surface area (Å²) in [6, 6.07) is 17.0. The highest BCUT2D eigenvalue weighted by Gasteiger charge is 2.24. The minimum absolute atomic E-state index is 0.0973. The Kier molecular flexibility index (Phi) is 12.6. The van der Waals surface area contributed by atoms with Gasteiger partial charge in [0.15, 0.2) is 12.3 Å². The van der Waals surface area contributed by atoms with Crippen LogP contribution < -0.4 is 9.47 Å². The van der Waals surface area contributed by atoms with Gasteiger partial charge < -0.3 is 28.8 Å². The van der Waals surface area contributed by atoms with E-state index in [-0.39, 0.29) is 41.5 Å². The van der Waals surface area contributed by atoms with Crippen LogP contribution in [0.25, 0.3) is 0 Å². The minimum atomic E-state index is -0.915. The summed E-state index contributed by atoms with van der Waals surface area (Å²) in [5.41, 5.74) is 1.63. The van der Waals surface area contributed by atoms with Gasteiger partial charge in [-0.1, -0.05) is 58.7 Å². The number of oxime groups is 2. The molecule has 1 aliphatic heterocycles. The molecule has 0 N–H and O–H groups in total. The van der Waals surface area contributed by atoms with Crippen molar-refractivity contribution in [3.05, 3.63) is 100 Å². The van der Waals surface area contributed by atoms with Crippen LogP contribution in [-0.4, -0.2) is 64.7 Å². The van der Waals surface area contributed by atoms with Crippen molar-refractivity contribution in [3.8, 4) is 29.5 Å². The molecule has 0 unspecified atom stereocenters. The molecule has 47 heavy (non-hydrogen) atoms. The van der Waals surface area contributed by atoms with Gasteiger partial charge in [-0.3, -0.25) is 0 Å². The molecular formula is C31H27Cl2FN8O5. The first-order chi connectivity index (χ1) is 22.8. The SMILES string of the molecule is C/C(=N\C#N)N(C)Cc1ccc(Cl)nc1.CO/N=C(/C1=NOCCO1)c1ccccc1Oc1ncnc(Oc2ccccc2Cl)c1F. The number of amidine groups is 1. The smallest absolute Gasteiger partial charge is 0.280 e. The van der Waals surface area contributed by atoms with Crippen molar-refractivity contribution in [3.63, 3.8) is 0 Å². The van der Waals surface area contributed by atoms with E-state index in [2.05, 4.69) is 30.3 Å². The maximum Gasteiger partial charge on any atom is 0.280 e. The van der Waals surface area contributed by atoms with Crippen LogP contribution >= 0.6 is 23.2 Å². The number of rotatable bonds is 9. The number of pyridine rings is 1. The molecule has 0 spiro atoms. The van der Waals surface area contributed by atoms with Gasteiger partial charge in [0, 0.05) is 19.8 Å². The molecule has 3 heterocycles. The molecule has 4 aromatic rings. The van der Waals surface area contributed by atoms with Gasteiger partial charge in [0.05, 0.1) is 10.6 Å². The predicted molar refractivity (Wildman–Crippen MR) is 172 cm³/mol. The first-order valence-corrected chi connectivity index (χ1v) is 14.5. The van der Waals surface area contributed by atoms with Gasteiger partial charge in [-0.25, -0.2) is 4.98 Å². The van der Waals surface area contributed by atoms with Gasteiger partial charge in [0.1, 0.15) is 42.5 Å². The molecule has 2 aromatic carbocycles. The summed E-state index contributed by atoms with van der Waals surface area (Å²) in [7, 11) is 3.24.